The van der Waals surface area contributed by atoms with Gasteiger partial charge in [0.25, 0.3) is 5.91 Å². The van der Waals surface area contributed by atoms with Gasteiger partial charge in [-0.3, -0.25) is 4.79 Å². The van der Waals surface area contributed by atoms with Gasteiger partial charge < -0.3 is 10.2 Å². The number of rotatable bonds is 4. The summed E-state index contributed by atoms with van der Waals surface area (Å²) in [6.45, 7) is 0.431. The molecule has 0 bridgehead atoms. The van der Waals surface area contributed by atoms with Crippen molar-refractivity contribution in [3.8, 4) is 0 Å². The Balaban J connectivity index is 2.02. The third kappa shape index (κ3) is 3.03. The third-order valence-electron chi connectivity index (χ3n) is 3.90. The number of allylic oxidation sites excluding steroid dienone is 1. The Kier molecular flexibility index (Phi) is 4.61. The highest BCUT2D eigenvalue weighted by molar-refractivity contribution is 6.21. The van der Waals surface area contributed by atoms with Crippen LogP contribution >= 0.6 is 11.6 Å². The van der Waals surface area contributed by atoms with Crippen molar-refractivity contribution in [2.75, 3.05) is 6.54 Å². The molecular weight excluding hydrogens is 330 g/mol. The van der Waals surface area contributed by atoms with Crippen LogP contribution in [0.15, 0.2) is 59.1 Å². The van der Waals surface area contributed by atoms with Gasteiger partial charge in [0.1, 0.15) is 23.1 Å². The summed E-state index contributed by atoms with van der Waals surface area (Å²) in [5, 5.41) is 7.75. The van der Waals surface area contributed by atoms with Gasteiger partial charge >= 0.3 is 0 Å². The van der Waals surface area contributed by atoms with Crippen LogP contribution in [0.3, 0.4) is 0 Å². The van der Waals surface area contributed by atoms with E-state index in [1.807, 2.05) is 35.2 Å². The number of benzene rings is 1. The molecule has 0 saturated heterocycles. The molecule has 24 heavy (non-hydrogen) atoms. The van der Waals surface area contributed by atoms with Crippen LogP contribution in [0.2, 0.25) is 0 Å². The highest BCUT2D eigenvalue weighted by atomic mass is 35.5. The molecule has 8 nitrogen and oxygen atoms in total. The summed E-state index contributed by atoms with van der Waals surface area (Å²) in [5.74, 6) is 6.23. The molecule has 3 rings (SSSR count). The molecule has 0 aromatic heterocycles. The molecule has 1 aromatic rings. The Labute approximate surface area is 143 Å². The number of hydrogen-bond acceptors (Lipinski definition) is 5. The molecule has 3 N–H and O–H groups in total. The molecule has 2 heterocycles. The van der Waals surface area contributed by atoms with Crippen LogP contribution in [0.25, 0.3) is 10.4 Å². The van der Waals surface area contributed by atoms with Crippen molar-refractivity contribution < 1.29 is 4.79 Å². The Hall–Kier alpha value is -2.67. The predicted molar refractivity (Wildman–Crippen MR) is 89.8 cm³/mol. The predicted octanol–water partition coefficient (Wildman–Crippen LogP) is 1.78. The molecule has 0 fully saturated rings. The average molecular weight is 346 g/mol. The van der Waals surface area contributed by atoms with Gasteiger partial charge in [-0.15, -0.1) is 0 Å². The molecule has 2 aliphatic heterocycles. The highest BCUT2D eigenvalue weighted by Gasteiger charge is 2.39. The summed E-state index contributed by atoms with van der Waals surface area (Å²) < 4.78 is 0. The molecule has 0 spiro atoms. The zero-order valence-electron chi connectivity index (χ0n) is 12.7. The number of hydrogen-bond donors (Lipinski definition) is 2. The second-order valence-corrected chi connectivity index (χ2v) is 5.86. The lowest BCUT2D eigenvalue weighted by molar-refractivity contribution is -0.136. The Morgan fingerprint density at radius 2 is 2.12 bits per heavy atom. The smallest absolute Gasteiger partial charge is 0.264 e. The number of nitrogens with one attached hydrogen (secondary N) is 1. The number of halogens is 1. The van der Waals surface area contributed by atoms with Crippen LogP contribution < -0.4 is 11.2 Å². The number of dihydropyridines is 1. The monoisotopic (exact) mass is 345 g/mol. The van der Waals surface area contributed by atoms with Gasteiger partial charge in [0.05, 0.1) is 6.54 Å². The van der Waals surface area contributed by atoms with Crippen molar-refractivity contribution in [1.82, 2.24) is 15.2 Å². The highest BCUT2D eigenvalue weighted by Crippen LogP contribution is 2.28. The minimum atomic E-state index is -0.701. The molecule has 124 valence electrons. The molecule has 9 heteroatoms. The van der Waals surface area contributed by atoms with Gasteiger partial charge in [-0.1, -0.05) is 47.0 Å². The van der Waals surface area contributed by atoms with Crippen LogP contribution in [0.4, 0.5) is 0 Å². The van der Waals surface area contributed by atoms with E-state index in [2.05, 4.69) is 15.3 Å². The third-order valence-corrected chi connectivity index (χ3v) is 4.15. The summed E-state index contributed by atoms with van der Waals surface area (Å²) >= 11 is 6.16. The van der Waals surface area contributed by atoms with Gasteiger partial charge in [-0.25, -0.2) is 10.9 Å². The molecule has 1 unspecified atom stereocenters. The summed E-state index contributed by atoms with van der Waals surface area (Å²) in [4.78, 5) is 17.2. The minimum absolute atomic E-state index is 0.0228. The van der Waals surface area contributed by atoms with Gasteiger partial charge in [0, 0.05) is 11.5 Å². The first kappa shape index (κ1) is 16.2. The Bertz CT molecular complexity index is 741. The number of azide groups is 1. The first-order valence-electron chi connectivity index (χ1n) is 7.35. The normalized spacial score (nSPS) is 22.8. The van der Waals surface area contributed by atoms with Gasteiger partial charge in [0.15, 0.2) is 0 Å². The van der Waals surface area contributed by atoms with Crippen molar-refractivity contribution in [3.05, 3.63) is 70.0 Å². The number of alkyl halides is 1. The van der Waals surface area contributed by atoms with E-state index < -0.39 is 11.5 Å². The van der Waals surface area contributed by atoms with Crippen LogP contribution in [0.1, 0.15) is 5.56 Å². The first-order chi connectivity index (χ1) is 11.6. The Morgan fingerprint density at radius 3 is 2.83 bits per heavy atom. The van der Waals surface area contributed by atoms with Crippen LogP contribution in [-0.2, 0) is 11.3 Å². The second-order valence-electron chi connectivity index (χ2n) is 5.39. The van der Waals surface area contributed by atoms with E-state index in [0.29, 0.717) is 18.1 Å². The maximum Gasteiger partial charge on any atom is 0.264 e. The molecular formula is C15H16ClN7O. The lowest BCUT2D eigenvalue weighted by Gasteiger charge is -2.43. The Morgan fingerprint density at radius 1 is 1.38 bits per heavy atom. The summed E-state index contributed by atoms with van der Waals surface area (Å²) in [5.41, 5.74) is 9.75. The van der Waals surface area contributed by atoms with E-state index >= 15 is 0 Å². The second kappa shape index (κ2) is 6.84. The maximum atomic E-state index is 12.6. The summed E-state index contributed by atoms with van der Waals surface area (Å²) in [6.07, 6.45) is 3.42. The summed E-state index contributed by atoms with van der Waals surface area (Å²) in [6, 6.07) is 8.99. The van der Waals surface area contributed by atoms with Crippen molar-refractivity contribution in [3.63, 3.8) is 0 Å². The molecule has 1 aromatic carbocycles. The lowest BCUT2D eigenvalue weighted by atomic mass is 10.1. The number of hydrazine groups is 1. The number of carbonyl (C=O) groups is 1. The van der Waals surface area contributed by atoms with E-state index in [4.69, 9.17) is 23.0 Å². The molecule has 0 radical (unpaired) electrons. The zero-order valence-corrected chi connectivity index (χ0v) is 13.5. The zero-order chi connectivity index (χ0) is 17.1. The van der Waals surface area contributed by atoms with E-state index in [9.17, 15) is 4.79 Å². The summed E-state index contributed by atoms with van der Waals surface area (Å²) in [7, 11) is 0. The molecule has 2 atom stereocenters. The standard InChI is InChI=1S/C15H16ClN7O/c16-13-7-6-11-14(20-13)22(9-10-4-2-1-3-5-10)12(8-19-21-17)15(24)23(11)18/h1-7,12-13,20H,8-9,18H2/t12-,13?/m1/s1. The molecule has 1 amide bonds. The molecule has 0 aliphatic carbocycles. The topological polar surface area (TPSA) is 110 Å². The average Bonchev–Trinajstić information content (AvgIpc) is 2.60. The fourth-order valence-corrected chi connectivity index (χ4v) is 2.94. The van der Waals surface area contributed by atoms with Gasteiger partial charge in [0.2, 0.25) is 0 Å². The number of nitrogens with zero attached hydrogens (tertiary/aromatic N) is 5. The van der Waals surface area contributed by atoms with E-state index in [-0.39, 0.29) is 12.5 Å². The maximum absolute atomic E-state index is 12.6. The number of carbonyl (C=O) groups excluding carboxylic acids is 1. The van der Waals surface area contributed by atoms with Gasteiger partial charge in [-0.2, -0.15) is 0 Å². The number of amides is 1. The van der Waals surface area contributed by atoms with Gasteiger partial charge in [-0.05, 0) is 23.2 Å². The van der Waals surface area contributed by atoms with Crippen molar-refractivity contribution in [2.45, 2.75) is 18.1 Å². The minimum Gasteiger partial charge on any atom is -0.351 e. The van der Waals surface area contributed by atoms with E-state index in [0.717, 1.165) is 10.6 Å². The quantitative estimate of drug-likeness (QED) is 0.165. The van der Waals surface area contributed by atoms with Crippen LogP contribution in [0.5, 0.6) is 0 Å². The largest absolute Gasteiger partial charge is 0.351 e. The number of nitrogens with two attached hydrogens (primary N) is 1. The van der Waals surface area contributed by atoms with Crippen molar-refractivity contribution >= 4 is 17.5 Å². The molecule has 0 saturated carbocycles. The van der Waals surface area contributed by atoms with E-state index in [1.54, 1.807) is 12.2 Å². The fourth-order valence-electron chi connectivity index (χ4n) is 2.76. The first-order valence-corrected chi connectivity index (χ1v) is 7.78. The molecule has 2 aliphatic rings. The lowest BCUT2D eigenvalue weighted by Crippen LogP contribution is -2.59. The van der Waals surface area contributed by atoms with Crippen LogP contribution in [0, 0.1) is 0 Å². The fraction of sp³-hybridized carbons (Fsp3) is 0.267. The van der Waals surface area contributed by atoms with Crippen LogP contribution in [-0.4, -0.2) is 33.9 Å². The van der Waals surface area contributed by atoms with E-state index in [1.165, 1.54) is 0 Å². The SMILES string of the molecule is [N-]=[N+]=NC[C@@H]1C(=O)N(N)C2=C(NC(Cl)C=C2)N1Cc1ccccc1. The van der Waals surface area contributed by atoms with Crippen molar-refractivity contribution in [1.29, 1.82) is 0 Å². The van der Waals surface area contributed by atoms with Crippen molar-refractivity contribution in [2.24, 2.45) is 11.0 Å².